The van der Waals surface area contributed by atoms with Crippen molar-refractivity contribution in [1.29, 1.82) is 0 Å². The van der Waals surface area contributed by atoms with E-state index in [1.807, 2.05) is 4.31 Å². The van der Waals surface area contributed by atoms with Crippen LogP contribution in [0, 0.1) is 0 Å². The second kappa shape index (κ2) is 4.18. The van der Waals surface area contributed by atoms with Gasteiger partial charge in [-0.2, -0.15) is 0 Å². The largest absolute Gasteiger partial charge is 0.240 e. The van der Waals surface area contributed by atoms with Crippen molar-refractivity contribution in [1.82, 2.24) is 4.31 Å². The maximum absolute atomic E-state index is 5.07. The highest BCUT2D eigenvalue weighted by Gasteiger charge is 2.02. The molecular formula is C7H14NS. The Morgan fingerprint density at radius 1 is 0.778 bits per heavy atom. The summed E-state index contributed by atoms with van der Waals surface area (Å²) in [6.45, 7) is 2.27. The Labute approximate surface area is 63.0 Å². The lowest BCUT2D eigenvalue weighted by Gasteiger charge is -2.16. The van der Waals surface area contributed by atoms with Gasteiger partial charge in [0.2, 0.25) is 0 Å². The van der Waals surface area contributed by atoms with E-state index in [0.29, 0.717) is 0 Å². The van der Waals surface area contributed by atoms with Gasteiger partial charge in [-0.15, -0.1) is 0 Å². The van der Waals surface area contributed by atoms with Gasteiger partial charge in [-0.05, 0) is 12.8 Å². The predicted molar refractivity (Wildman–Crippen MR) is 42.2 cm³/mol. The average Bonchev–Trinajstić information content (AvgIpc) is 1.79. The molecule has 1 aliphatic heterocycles. The van der Waals surface area contributed by atoms with E-state index in [-0.39, 0.29) is 0 Å². The van der Waals surface area contributed by atoms with E-state index in [9.17, 15) is 0 Å². The average molecular weight is 144 g/mol. The predicted octanol–water partition coefficient (Wildman–Crippen LogP) is 2.37. The Bertz CT molecular complexity index is 67.3. The lowest BCUT2D eigenvalue weighted by Crippen LogP contribution is -2.16. The molecule has 2 heteroatoms. The van der Waals surface area contributed by atoms with Crippen molar-refractivity contribution in [2.24, 2.45) is 0 Å². The molecule has 9 heavy (non-hydrogen) atoms. The van der Waals surface area contributed by atoms with Crippen LogP contribution in [0.5, 0.6) is 0 Å². The summed E-state index contributed by atoms with van der Waals surface area (Å²) in [5.74, 6) is 0. The standard InChI is InChI=1S/C7H14NS/c9-8-6-4-2-1-3-5-7-8/h1-7H2. The minimum absolute atomic E-state index is 1.13. The summed E-state index contributed by atoms with van der Waals surface area (Å²) in [6, 6.07) is 0. The van der Waals surface area contributed by atoms with Crippen LogP contribution in [0.4, 0.5) is 0 Å². The fourth-order valence-electron chi connectivity index (χ4n) is 1.22. The van der Waals surface area contributed by atoms with Crippen molar-refractivity contribution in [3.05, 3.63) is 0 Å². The molecule has 1 radical (unpaired) electrons. The Hall–Kier alpha value is 0.310. The van der Waals surface area contributed by atoms with Crippen LogP contribution in [0.1, 0.15) is 32.1 Å². The fourth-order valence-corrected chi connectivity index (χ4v) is 1.48. The van der Waals surface area contributed by atoms with Gasteiger partial charge in [-0.1, -0.05) is 19.3 Å². The lowest BCUT2D eigenvalue weighted by molar-refractivity contribution is 0.402. The maximum atomic E-state index is 5.07. The molecule has 0 spiro atoms. The summed E-state index contributed by atoms with van der Waals surface area (Å²) < 4.78 is 2.03. The Balaban J connectivity index is 2.12. The van der Waals surface area contributed by atoms with Crippen molar-refractivity contribution in [2.45, 2.75) is 32.1 Å². The van der Waals surface area contributed by atoms with Gasteiger partial charge in [0, 0.05) is 25.9 Å². The molecule has 0 aromatic rings. The number of nitrogens with zero attached hydrogens (tertiary/aromatic N) is 1. The smallest absolute Gasteiger partial charge is 0.00976 e. The van der Waals surface area contributed by atoms with Crippen molar-refractivity contribution < 1.29 is 0 Å². The zero-order valence-corrected chi connectivity index (χ0v) is 6.62. The molecule has 1 heterocycles. The van der Waals surface area contributed by atoms with E-state index in [4.69, 9.17) is 12.8 Å². The van der Waals surface area contributed by atoms with Crippen LogP contribution in [0.3, 0.4) is 0 Å². The third kappa shape index (κ3) is 3.11. The maximum Gasteiger partial charge on any atom is 0.00976 e. The quantitative estimate of drug-likeness (QED) is 0.504. The molecule has 0 unspecified atom stereocenters. The SMILES string of the molecule is [S]N1CCCCCCC1. The van der Waals surface area contributed by atoms with Crippen LogP contribution >= 0.6 is 12.8 Å². The molecule has 0 aromatic carbocycles. The van der Waals surface area contributed by atoms with Crippen LogP contribution < -0.4 is 0 Å². The van der Waals surface area contributed by atoms with Gasteiger partial charge in [0.1, 0.15) is 0 Å². The first-order valence-electron chi connectivity index (χ1n) is 3.82. The zero-order valence-electron chi connectivity index (χ0n) is 5.81. The van der Waals surface area contributed by atoms with Crippen LogP contribution in [0.2, 0.25) is 0 Å². The highest BCUT2D eigenvalue weighted by Crippen LogP contribution is 2.10. The molecule has 0 atom stereocenters. The molecule has 1 rings (SSSR count). The second-order valence-electron chi connectivity index (χ2n) is 2.70. The van der Waals surface area contributed by atoms with E-state index < -0.39 is 0 Å². The number of rotatable bonds is 0. The van der Waals surface area contributed by atoms with Gasteiger partial charge >= 0.3 is 0 Å². The summed E-state index contributed by atoms with van der Waals surface area (Å²) in [5, 5.41) is 0. The normalized spacial score (nSPS) is 25.0. The summed E-state index contributed by atoms with van der Waals surface area (Å²) >= 11 is 5.07. The van der Waals surface area contributed by atoms with Gasteiger partial charge in [0.25, 0.3) is 0 Å². The molecule has 0 amide bonds. The van der Waals surface area contributed by atoms with Gasteiger partial charge in [0.05, 0.1) is 0 Å². The van der Waals surface area contributed by atoms with E-state index in [0.717, 1.165) is 13.1 Å². The Morgan fingerprint density at radius 3 is 1.78 bits per heavy atom. The van der Waals surface area contributed by atoms with Crippen molar-refractivity contribution in [2.75, 3.05) is 13.1 Å². The van der Waals surface area contributed by atoms with E-state index in [1.54, 1.807) is 0 Å². The first-order chi connectivity index (χ1) is 4.39. The van der Waals surface area contributed by atoms with Crippen LogP contribution in [0.15, 0.2) is 0 Å². The Kier molecular flexibility index (Phi) is 3.44. The molecule has 0 bridgehead atoms. The molecule has 1 aliphatic rings. The summed E-state index contributed by atoms with van der Waals surface area (Å²) in [6.07, 6.45) is 6.80. The molecule has 0 aromatic heterocycles. The molecule has 1 saturated heterocycles. The van der Waals surface area contributed by atoms with Crippen molar-refractivity contribution in [3.63, 3.8) is 0 Å². The van der Waals surface area contributed by atoms with E-state index >= 15 is 0 Å². The molecule has 53 valence electrons. The van der Waals surface area contributed by atoms with Crippen molar-refractivity contribution >= 4 is 12.8 Å². The Morgan fingerprint density at radius 2 is 1.22 bits per heavy atom. The first-order valence-corrected chi connectivity index (χ1v) is 4.18. The summed E-state index contributed by atoms with van der Waals surface area (Å²) in [7, 11) is 0. The lowest BCUT2D eigenvalue weighted by atomic mass is 10.1. The third-order valence-electron chi connectivity index (χ3n) is 1.82. The first kappa shape index (κ1) is 7.42. The molecule has 1 nitrogen and oxygen atoms in total. The topological polar surface area (TPSA) is 3.24 Å². The highest BCUT2D eigenvalue weighted by molar-refractivity contribution is 7.77. The fraction of sp³-hybridized carbons (Fsp3) is 1.00. The van der Waals surface area contributed by atoms with Crippen LogP contribution in [-0.2, 0) is 0 Å². The van der Waals surface area contributed by atoms with Gasteiger partial charge < -0.3 is 0 Å². The minimum atomic E-state index is 1.13. The molecule has 0 N–H and O–H groups in total. The summed E-state index contributed by atoms with van der Waals surface area (Å²) in [4.78, 5) is 0. The molecule has 0 saturated carbocycles. The number of hydrogen-bond acceptors (Lipinski definition) is 1. The van der Waals surface area contributed by atoms with Crippen LogP contribution in [0.25, 0.3) is 0 Å². The number of hydrogen-bond donors (Lipinski definition) is 0. The molecule has 0 aliphatic carbocycles. The van der Waals surface area contributed by atoms with E-state index in [1.165, 1.54) is 32.1 Å². The van der Waals surface area contributed by atoms with Gasteiger partial charge in [0.15, 0.2) is 0 Å². The highest BCUT2D eigenvalue weighted by atomic mass is 32.1. The van der Waals surface area contributed by atoms with Gasteiger partial charge in [-0.25, -0.2) is 4.31 Å². The third-order valence-corrected chi connectivity index (χ3v) is 2.18. The van der Waals surface area contributed by atoms with Crippen molar-refractivity contribution in [3.8, 4) is 0 Å². The van der Waals surface area contributed by atoms with Gasteiger partial charge in [-0.3, -0.25) is 0 Å². The van der Waals surface area contributed by atoms with Crippen LogP contribution in [-0.4, -0.2) is 17.4 Å². The minimum Gasteiger partial charge on any atom is -0.240 e. The summed E-state index contributed by atoms with van der Waals surface area (Å²) in [5.41, 5.74) is 0. The molecule has 1 fully saturated rings. The second-order valence-corrected chi connectivity index (χ2v) is 3.21. The molecular weight excluding hydrogens is 130 g/mol. The monoisotopic (exact) mass is 144 g/mol. The van der Waals surface area contributed by atoms with E-state index in [2.05, 4.69) is 0 Å². The zero-order chi connectivity index (χ0) is 6.53.